The van der Waals surface area contributed by atoms with Crippen LogP contribution in [-0.4, -0.2) is 43.5 Å². The summed E-state index contributed by atoms with van der Waals surface area (Å²) in [6, 6.07) is 0. The molecule has 0 aromatic heterocycles. The molecule has 2 fully saturated rings. The van der Waals surface area contributed by atoms with E-state index in [9.17, 15) is 4.79 Å². The molecule has 0 saturated carbocycles. The van der Waals surface area contributed by atoms with Crippen molar-refractivity contribution < 1.29 is 9.53 Å². The van der Waals surface area contributed by atoms with Crippen molar-refractivity contribution in [2.45, 2.75) is 19.8 Å². The highest BCUT2D eigenvalue weighted by Crippen LogP contribution is 2.18. The van der Waals surface area contributed by atoms with E-state index in [1.54, 1.807) is 0 Å². The highest BCUT2D eigenvalue weighted by molar-refractivity contribution is 5.81. The van der Waals surface area contributed by atoms with E-state index < -0.39 is 0 Å². The maximum absolute atomic E-state index is 11.3. The number of hydrogen-bond donors (Lipinski definition) is 0. The molecule has 0 aromatic rings. The first-order chi connectivity index (χ1) is 6.75. The third-order valence-electron chi connectivity index (χ3n) is 3.30. The molecule has 0 radical (unpaired) electrons. The lowest BCUT2D eigenvalue weighted by Crippen LogP contribution is -2.42. The quantitative estimate of drug-likeness (QED) is 0.659. The first kappa shape index (κ1) is 10.1. The number of hydrogen-bond acceptors (Lipinski definition) is 3. The average Bonchev–Trinajstić information content (AvgIpc) is 2.64. The minimum absolute atomic E-state index is 0.242. The van der Waals surface area contributed by atoms with E-state index >= 15 is 0 Å². The van der Waals surface area contributed by atoms with Crippen molar-refractivity contribution in [2.24, 2.45) is 11.8 Å². The van der Waals surface area contributed by atoms with Crippen LogP contribution in [0.5, 0.6) is 0 Å². The van der Waals surface area contributed by atoms with E-state index in [0.29, 0.717) is 11.7 Å². The Morgan fingerprint density at radius 1 is 1.57 bits per heavy atom. The van der Waals surface area contributed by atoms with E-state index in [1.165, 1.54) is 6.42 Å². The second-order valence-electron chi connectivity index (χ2n) is 4.61. The van der Waals surface area contributed by atoms with Crippen LogP contribution in [0, 0.1) is 11.8 Å². The maximum atomic E-state index is 11.3. The van der Waals surface area contributed by atoms with Gasteiger partial charge in [0, 0.05) is 38.6 Å². The molecule has 2 unspecified atom stereocenters. The van der Waals surface area contributed by atoms with Gasteiger partial charge in [0.05, 0.1) is 6.61 Å². The topological polar surface area (TPSA) is 29.5 Å². The van der Waals surface area contributed by atoms with Crippen LogP contribution in [0.3, 0.4) is 0 Å². The summed E-state index contributed by atoms with van der Waals surface area (Å²) in [7, 11) is 0. The first-order valence-corrected chi connectivity index (χ1v) is 5.58. The molecule has 14 heavy (non-hydrogen) atoms. The number of carbonyl (C=O) groups excluding carboxylic acids is 1. The van der Waals surface area contributed by atoms with Gasteiger partial charge in [-0.25, -0.2) is 0 Å². The molecule has 0 aliphatic carbocycles. The largest absolute Gasteiger partial charge is 0.381 e. The zero-order chi connectivity index (χ0) is 9.97. The molecule has 2 aliphatic heterocycles. The number of nitrogens with zero attached hydrogens (tertiary/aromatic N) is 1. The average molecular weight is 197 g/mol. The summed E-state index contributed by atoms with van der Waals surface area (Å²) in [6.07, 6.45) is 1.94. The van der Waals surface area contributed by atoms with Crippen molar-refractivity contribution in [1.29, 1.82) is 0 Å². The fourth-order valence-corrected chi connectivity index (χ4v) is 2.35. The normalized spacial score (nSPS) is 35.1. The van der Waals surface area contributed by atoms with Gasteiger partial charge in [0.2, 0.25) is 0 Å². The molecule has 0 aromatic carbocycles. The SMILES string of the molecule is CC1CN(CC2CCOC2)CCC1=O. The van der Waals surface area contributed by atoms with E-state index in [2.05, 4.69) is 4.90 Å². The van der Waals surface area contributed by atoms with Crippen LogP contribution in [0.2, 0.25) is 0 Å². The summed E-state index contributed by atoms with van der Waals surface area (Å²) in [4.78, 5) is 13.7. The minimum atomic E-state index is 0.242. The number of likely N-dealkylation sites (tertiary alicyclic amines) is 1. The van der Waals surface area contributed by atoms with E-state index in [0.717, 1.165) is 39.3 Å². The van der Waals surface area contributed by atoms with Crippen molar-refractivity contribution in [1.82, 2.24) is 4.90 Å². The van der Waals surface area contributed by atoms with Gasteiger partial charge >= 0.3 is 0 Å². The monoisotopic (exact) mass is 197 g/mol. The zero-order valence-corrected chi connectivity index (χ0v) is 8.87. The molecule has 2 aliphatic rings. The van der Waals surface area contributed by atoms with Gasteiger partial charge in [-0.1, -0.05) is 6.92 Å². The predicted molar refractivity (Wildman–Crippen MR) is 54.2 cm³/mol. The molecule has 2 saturated heterocycles. The number of rotatable bonds is 2. The molecule has 0 spiro atoms. The summed E-state index contributed by atoms with van der Waals surface area (Å²) in [5.41, 5.74) is 0. The Morgan fingerprint density at radius 3 is 3.07 bits per heavy atom. The standard InChI is InChI=1S/C11H19NO2/c1-9-6-12(4-2-11(9)13)7-10-3-5-14-8-10/h9-10H,2-8H2,1H3. The number of ether oxygens (including phenoxy) is 1. The lowest BCUT2D eigenvalue weighted by molar-refractivity contribution is -0.125. The number of Topliss-reactive ketones (excluding diaryl/α,β-unsaturated/α-hetero) is 1. The van der Waals surface area contributed by atoms with Crippen molar-refractivity contribution in [3.63, 3.8) is 0 Å². The van der Waals surface area contributed by atoms with Crippen LogP contribution < -0.4 is 0 Å². The number of piperidine rings is 1. The van der Waals surface area contributed by atoms with Gasteiger partial charge < -0.3 is 9.64 Å². The van der Waals surface area contributed by atoms with Gasteiger partial charge in [-0.15, -0.1) is 0 Å². The summed E-state index contributed by atoms with van der Waals surface area (Å²) < 4.78 is 5.35. The number of ketones is 1. The molecular weight excluding hydrogens is 178 g/mol. The Morgan fingerprint density at radius 2 is 2.43 bits per heavy atom. The van der Waals surface area contributed by atoms with E-state index in [4.69, 9.17) is 4.74 Å². The fourth-order valence-electron chi connectivity index (χ4n) is 2.35. The smallest absolute Gasteiger partial charge is 0.138 e. The molecule has 3 nitrogen and oxygen atoms in total. The van der Waals surface area contributed by atoms with Crippen molar-refractivity contribution in [3.05, 3.63) is 0 Å². The molecule has 80 valence electrons. The van der Waals surface area contributed by atoms with Crippen LogP contribution >= 0.6 is 0 Å². The van der Waals surface area contributed by atoms with Gasteiger partial charge in [0.25, 0.3) is 0 Å². The van der Waals surface area contributed by atoms with Crippen LogP contribution in [-0.2, 0) is 9.53 Å². The lowest BCUT2D eigenvalue weighted by atomic mass is 9.97. The summed E-state index contributed by atoms with van der Waals surface area (Å²) in [5.74, 6) is 1.38. The molecule has 0 N–H and O–H groups in total. The van der Waals surface area contributed by atoms with Crippen LogP contribution in [0.15, 0.2) is 0 Å². The highest BCUT2D eigenvalue weighted by Gasteiger charge is 2.26. The van der Waals surface area contributed by atoms with Crippen molar-refractivity contribution >= 4 is 5.78 Å². The van der Waals surface area contributed by atoms with Crippen LogP contribution in [0.25, 0.3) is 0 Å². The van der Waals surface area contributed by atoms with Crippen molar-refractivity contribution in [3.8, 4) is 0 Å². The van der Waals surface area contributed by atoms with Crippen LogP contribution in [0.4, 0.5) is 0 Å². The van der Waals surface area contributed by atoms with Gasteiger partial charge in [-0.2, -0.15) is 0 Å². The third-order valence-corrected chi connectivity index (χ3v) is 3.30. The van der Waals surface area contributed by atoms with Gasteiger partial charge in [-0.05, 0) is 12.3 Å². The zero-order valence-electron chi connectivity index (χ0n) is 8.87. The second-order valence-corrected chi connectivity index (χ2v) is 4.61. The lowest BCUT2D eigenvalue weighted by Gasteiger charge is -2.31. The first-order valence-electron chi connectivity index (χ1n) is 5.58. The minimum Gasteiger partial charge on any atom is -0.381 e. The summed E-state index contributed by atoms with van der Waals surface area (Å²) in [5, 5.41) is 0. The molecule has 2 atom stereocenters. The van der Waals surface area contributed by atoms with E-state index in [1.807, 2.05) is 6.92 Å². The molecule has 2 rings (SSSR count). The third kappa shape index (κ3) is 2.34. The Kier molecular flexibility index (Phi) is 3.19. The number of carbonyl (C=O) groups is 1. The summed E-state index contributed by atoms with van der Waals surface area (Å²) >= 11 is 0. The van der Waals surface area contributed by atoms with Crippen LogP contribution in [0.1, 0.15) is 19.8 Å². The Bertz CT molecular complexity index is 211. The van der Waals surface area contributed by atoms with E-state index in [-0.39, 0.29) is 5.92 Å². The molecule has 3 heteroatoms. The van der Waals surface area contributed by atoms with Gasteiger partial charge in [-0.3, -0.25) is 4.79 Å². The van der Waals surface area contributed by atoms with Gasteiger partial charge in [0.1, 0.15) is 5.78 Å². The highest BCUT2D eigenvalue weighted by atomic mass is 16.5. The molecule has 0 bridgehead atoms. The fraction of sp³-hybridized carbons (Fsp3) is 0.909. The van der Waals surface area contributed by atoms with Gasteiger partial charge in [0.15, 0.2) is 0 Å². The molecule has 0 amide bonds. The second kappa shape index (κ2) is 4.41. The maximum Gasteiger partial charge on any atom is 0.138 e. The Hall–Kier alpha value is -0.410. The molecular formula is C11H19NO2. The van der Waals surface area contributed by atoms with Crippen molar-refractivity contribution in [2.75, 3.05) is 32.8 Å². The summed E-state index contributed by atoms with van der Waals surface area (Å²) in [6.45, 7) is 6.91. The predicted octanol–water partition coefficient (Wildman–Crippen LogP) is 0.934. The molecule has 2 heterocycles. The Balaban J connectivity index is 1.78. The Labute approximate surface area is 85.4 Å².